The molecule has 1 aromatic carbocycles. The number of sulfonamides is 1. The molecular weight excluding hydrogens is 727 g/mol. The molecule has 1 saturated heterocycles. The van der Waals surface area contributed by atoms with Crippen LogP contribution in [0.4, 0.5) is 0 Å². The molecule has 288 valence electrons. The topological polar surface area (TPSA) is 207 Å². The third-order valence-electron chi connectivity index (χ3n) is 11.1. The maximum Gasteiger partial charge on any atom is 0.272 e. The molecule has 16 nitrogen and oxygen atoms in total. The summed E-state index contributed by atoms with van der Waals surface area (Å²) in [5, 5.41) is 11.7. The van der Waals surface area contributed by atoms with Crippen molar-refractivity contribution in [1.82, 2.24) is 45.0 Å². The van der Waals surface area contributed by atoms with Crippen molar-refractivity contribution in [3.05, 3.63) is 66.4 Å². The molecule has 2 aliphatic heterocycles. The molecule has 4 amide bonds. The number of rotatable bonds is 7. The Morgan fingerprint density at radius 3 is 2.62 bits per heavy atom. The van der Waals surface area contributed by atoms with Gasteiger partial charge in [-0.15, -0.1) is 0 Å². The van der Waals surface area contributed by atoms with E-state index in [1.807, 2.05) is 43.3 Å². The summed E-state index contributed by atoms with van der Waals surface area (Å²) < 4.78 is 36.1. The first-order valence-corrected chi connectivity index (χ1v) is 20.3. The van der Waals surface area contributed by atoms with E-state index in [0.717, 1.165) is 29.3 Å². The Bertz CT molecular complexity index is 2320. The lowest BCUT2D eigenvalue weighted by atomic mass is 10.0. The van der Waals surface area contributed by atoms with Crippen LogP contribution in [0.25, 0.3) is 21.8 Å². The smallest absolute Gasteiger partial charge is 0.272 e. The lowest BCUT2D eigenvalue weighted by Crippen LogP contribution is -2.58. The summed E-state index contributed by atoms with van der Waals surface area (Å²) in [5.74, 6) is -2.58. The minimum Gasteiger partial charge on any atom is -0.472 e. The van der Waals surface area contributed by atoms with Crippen LogP contribution in [-0.2, 0) is 31.5 Å². The van der Waals surface area contributed by atoms with Crippen molar-refractivity contribution in [3.63, 3.8) is 0 Å². The number of pyridine rings is 1. The number of nitrogens with zero attached hydrogens (tertiary/aromatic N) is 6. The van der Waals surface area contributed by atoms with E-state index < -0.39 is 68.5 Å². The normalized spacial score (nSPS) is 26.6. The fraction of sp³-hybridized carbons (Fsp3) is 0.474. The van der Waals surface area contributed by atoms with Crippen molar-refractivity contribution in [2.45, 2.75) is 93.7 Å². The summed E-state index contributed by atoms with van der Waals surface area (Å²) in [5.41, 5.74) is -0.160. The number of nitrogens with one attached hydrogen (secondary N) is 3. The van der Waals surface area contributed by atoms with Crippen LogP contribution < -0.4 is 20.1 Å². The summed E-state index contributed by atoms with van der Waals surface area (Å²) in [7, 11) is -2.17. The highest BCUT2D eigenvalue weighted by molar-refractivity contribution is 7.91. The van der Waals surface area contributed by atoms with Gasteiger partial charge in [-0.05, 0) is 63.0 Å². The van der Waals surface area contributed by atoms with Crippen molar-refractivity contribution >= 4 is 55.5 Å². The number of hydrogen-bond donors (Lipinski definition) is 3. The number of fused-ring (bicyclic) bond motifs is 5. The van der Waals surface area contributed by atoms with E-state index in [4.69, 9.17) is 4.74 Å². The largest absolute Gasteiger partial charge is 0.472 e. The first-order chi connectivity index (χ1) is 26.4. The molecule has 4 aromatic rings. The van der Waals surface area contributed by atoms with Gasteiger partial charge in [-0.25, -0.2) is 18.4 Å². The van der Waals surface area contributed by atoms with E-state index in [9.17, 15) is 27.6 Å². The minimum atomic E-state index is -3.90. The van der Waals surface area contributed by atoms with E-state index >= 15 is 0 Å². The number of carbonyl (C=O) groups excluding carboxylic acids is 4. The summed E-state index contributed by atoms with van der Waals surface area (Å²) in [6.45, 7) is 1.79. The number of ether oxygens (including phenoxy) is 1. The first-order valence-electron chi connectivity index (χ1n) is 18.8. The van der Waals surface area contributed by atoms with Crippen LogP contribution in [-0.4, -0.2) is 97.2 Å². The molecule has 0 spiro atoms. The Morgan fingerprint density at radius 1 is 1.05 bits per heavy atom. The van der Waals surface area contributed by atoms with Crippen molar-refractivity contribution in [2.75, 3.05) is 6.54 Å². The molecule has 0 bridgehead atoms. The zero-order chi connectivity index (χ0) is 38.5. The van der Waals surface area contributed by atoms with Gasteiger partial charge in [-0.1, -0.05) is 43.2 Å². The third kappa shape index (κ3) is 7.24. The summed E-state index contributed by atoms with van der Waals surface area (Å²) in [4.78, 5) is 70.9. The molecule has 0 radical (unpaired) electrons. The highest BCUT2D eigenvalue weighted by atomic mass is 32.2. The molecule has 8 rings (SSSR count). The van der Waals surface area contributed by atoms with Crippen LogP contribution in [0, 0.1) is 12.8 Å². The molecule has 2 saturated carbocycles. The molecular formula is C38H43N9O7S. The molecule has 3 aromatic heterocycles. The molecule has 5 heterocycles. The predicted molar refractivity (Wildman–Crippen MR) is 200 cm³/mol. The average Bonchev–Trinajstić information content (AvgIpc) is 4.07. The third-order valence-corrected chi connectivity index (χ3v) is 12.9. The quantitative estimate of drug-likeness (QED) is 0.184. The van der Waals surface area contributed by atoms with Gasteiger partial charge in [0.2, 0.25) is 27.7 Å². The summed E-state index contributed by atoms with van der Waals surface area (Å²) >= 11 is 0. The number of carbonyl (C=O) groups is 4. The molecule has 3 fully saturated rings. The van der Waals surface area contributed by atoms with Gasteiger partial charge >= 0.3 is 0 Å². The van der Waals surface area contributed by atoms with Crippen LogP contribution in [0.5, 0.6) is 5.88 Å². The maximum atomic E-state index is 14.7. The zero-order valence-electron chi connectivity index (χ0n) is 30.6. The zero-order valence-corrected chi connectivity index (χ0v) is 31.4. The fourth-order valence-corrected chi connectivity index (χ4v) is 9.03. The SMILES string of the molecule is Cc1cc(C(=O)N[C@H]2CCCCC/C=C\[C@@H]3C[C@@]3(C(=O)NS(=O)(=O)C3CC3)NC(=O)[C@@H]3C[C@@H](Oc4nc5ncncc5c5ccccc45)CN3C2=O)nn1C. The second-order valence-electron chi connectivity index (χ2n) is 15.0. The van der Waals surface area contributed by atoms with Gasteiger partial charge in [0.1, 0.15) is 35.7 Å². The van der Waals surface area contributed by atoms with Crippen molar-refractivity contribution < 1.29 is 32.3 Å². The maximum absolute atomic E-state index is 14.7. The standard InChI is InChI=1S/C38H43N9O7S/c1-22-16-30(44-46(22)2)33(48)41-29-13-7-5-3-4-6-10-23-18-38(23,37(51)45-55(52,53)25-14-15-25)43-34(49)31-17-24(20-47(31)36(29)50)54-35-27-12-9-8-11-26(27)28-19-39-21-40-32(28)42-35/h6,8-12,16,19,21,23-25,29,31H,3-5,7,13-15,17-18,20H2,1-2H3,(H,41,48)(H,43,49)(H,45,51)/b10-6-/t23-,24-,29+,31+,38-/m1/s1. The van der Waals surface area contributed by atoms with Crippen LogP contribution >= 0.6 is 0 Å². The van der Waals surface area contributed by atoms with Gasteiger partial charge in [-0.2, -0.15) is 10.1 Å². The van der Waals surface area contributed by atoms with Crippen molar-refractivity contribution in [3.8, 4) is 5.88 Å². The van der Waals surface area contributed by atoms with Gasteiger partial charge in [0.05, 0.1) is 11.8 Å². The van der Waals surface area contributed by atoms with Crippen molar-refractivity contribution in [1.29, 1.82) is 0 Å². The molecule has 2 aliphatic carbocycles. The number of amides is 4. The minimum absolute atomic E-state index is 0.0254. The second kappa shape index (κ2) is 14.3. The summed E-state index contributed by atoms with van der Waals surface area (Å²) in [6.07, 6.45) is 10.5. The second-order valence-corrected chi connectivity index (χ2v) is 17.0. The van der Waals surface area contributed by atoms with E-state index in [1.54, 1.807) is 24.0 Å². The average molecular weight is 770 g/mol. The number of aryl methyl sites for hydroxylation is 2. The van der Waals surface area contributed by atoms with Crippen molar-refractivity contribution in [2.24, 2.45) is 13.0 Å². The molecule has 3 N–H and O–H groups in total. The lowest BCUT2D eigenvalue weighted by Gasteiger charge is -2.29. The first kappa shape index (κ1) is 36.5. The highest BCUT2D eigenvalue weighted by Crippen LogP contribution is 2.46. The van der Waals surface area contributed by atoms with Crippen LogP contribution in [0.1, 0.15) is 74.0 Å². The van der Waals surface area contributed by atoms with Crippen LogP contribution in [0.3, 0.4) is 0 Å². The Labute approximate surface area is 317 Å². The number of allylic oxidation sites excluding steroid dienone is 1. The van der Waals surface area contributed by atoms with Crippen LogP contribution in [0.15, 0.2) is 55.0 Å². The van der Waals surface area contributed by atoms with E-state index in [-0.39, 0.29) is 31.0 Å². The summed E-state index contributed by atoms with van der Waals surface area (Å²) in [6, 6.07) is 7.04. The molecule has 4 aliphatic rings. The molecule has 0 unspecified atom stereocenters. The Balaban J connectivity index is 1.12. The predicted octanol–water partition coefficient (Wildman–Crippen LogP) is 2.37. The highest BCUT2D eigenvalue weighted by Gasteiger charge is 2.62. The number of aromatic nitrogens is 5. The van der Waals surface area contributed by atoms with Gasteiger partial charge < -0.3 is 20.3 Å². The van der Waals surface area contributed by atoms with Gasteiger partial charge in [0.15, 0.2) is 5.65 Å². The molecule has 17 heteroatoms. The van der Waals surface area contributed by atoms with Gasteiger partial charge in [-0.3, -0.25) is 28.6 Å². The Hall–Kier alpha value is -5.45. The van der Waals surface area contributed by atoms with E-state index in [0.29, 0.717) is 43.1 Å². The van der Waals surface area contributed by atoms with Gasteiger partial charge in [0.25, 0.3) is 11.8 Å². The monoisotopic (exact) mass is 769 g/mol. The van der Waals surface area contributed by atoms with E-state index in [1.165, 1.54) is 11.2 Å². The Kier molecular flexibility index (Phi) is 9.51. The van der Waals surface area contributed by atoms with E-state index in [2.05, 4.69) is 35.4 Å². The Morgan fingerprint density at radius 2 is 1.85 bits per heavy atom. The number of benzene rings is 1. The number of hydrogen-bond acceptors (Lipinski definition) is 11. The molecule has 5 atom stereocenters. The molecule has 55 heavy (non-hydrogen) atoms. The van der Waals surface area contributed by atoms with Gasteiger partial charge in [0, 0.05) is 42.0 Å². The van der Waals surface area contributed by atoms with Crippen LogP contribution in [0.2, 0.25) is 0 Å². The lowest BCUT2D eigenvalue weighted by molar-refractivity contribution is -0.141. The fourth-order valence-electron chi connectivity index (χ4n) is 7.66.